The Hall–Kier alpha value is -3.66. The molecule has 31 heavy (non-hydrogen) atoms. The first-order valence-corrected chi connectivity index (χ1v) is 10.4. The Labute approximate surface area is 183 Å². The van der Waals surface area contributed by atoms with Crippen LogP contribution in [0.5, 0.6) is 0 Å². The van der Waals surface area contributed by atoms with Crippen LogP contribution < -0.4 is 16.0 Å². The van der Waals surface area contributed by atoms with Crippen molar-refractivity contribution in [2.75, 3.05) is 13.6 Å². The lowest BCUT2D eigenvalue weighted by Gasteiger charge is -2.41. The zero-order valence-electron chi connectivity index (χ0n) is 17.7. The third-order valence-corrected chi connectivity index (χ3v) is 5.80. The molecule has 2 aromatic rings. The summed E-state index contributed by atoms with van der Waals surface area (Å²) in [5.41, 5.74) is 2.06. The molecule has 0 atom stereocenters. The third-order valence-electron chi connectivity index (χ3n) is 5.80. The van der Waals surface area contributed by atoms with Crippen LogP contribution in [0.1, 0.15) is 36.8 Å². The number of nitrogens with one attached hydrogen (secondary N) is 3. The first-order chi connectivity index (χ1) is 15.1. The number of rotatable bonds is 6. The molecule has 1 saturated carbocycles. The number of hydrogen-bond donors (Lipinski definition) is 3. The molecule has 0 radical (unpaired) electrons. The number of amides is 1. The predicted octanol–water partition coefficient (Wildman–Crippen LogP) is 2.74. The van der Waals surface area contributed by atoms with E-state index in [1.807, 2.05) is 36.5 Å². The molecule has 1 aromatic heterocycles. The van der Waals surface area contributed by atoms with Crippen molar-refractivity contribution in [3.63, 3.8) is 0 Å². The fourth-order valence-electron chi connectivity index (χ4n) is 4.04. The smallest absolute Gasteiger partial charge is 0.244 e. The number of carbonyl (C=O) groups excluding carboxylic acids is 1. The number of aromatic nitrogens is 1. The molecule has 1 amide bonds. The molecule has 1 aliphatic rings. The van der Waals surface area contributed by atoms with Crippen LogP contribution in [0, 0.1) is 11.5 Å². The fraction of sp³-hybridized carbons (Fsp3) is 0.333. The number of pyridine rings is 1. The maximum absolute atomic E-state index is 12.5. The first kappa shape index (κ1) is 22.0. The molecule has 0 bridgehead atoms. The summed E-state index contributed by atoms with van der Waals surface area (Å²) >= 11 is 0. The van der Waals surface area contributed by atoms with E-state index >= 15 is 0 Å². The summed E-state index contributed by atoms with van der Waals surface area (Å²) in [6, 6.07) is 14.3. The lowest BCUT2D eigenvalue weighted by atomic mass is 9.68. The Morgan fingerprint density at radius 2 is 1.94 bits per heavy atom. The summed E-state index contributed by atoms with van der Waals surface area (Å²) in [5, 5.41) is 17.8. The number of aliphatic imine (C=N–C) groups is 1. The van der Waals surface area contributed by atoms with Crippen molar-refractivity contribution in [1.82, 2.24) is 20.9 Å². The Morgan fingerprint density at radius 1 is 1.23 bits per heavy atom. The van der Waals surface area contributed by atoms with Gasteiger partial charge >= 0.3 is 0 Å². The summed E-state index contributed by atoms with van der Waals surface area (Å²) < 4.78 is 0. The molecule has 7 heteroatoms. The first-order valence-electron chi connectivity index (χ1n) is 10.4. The molecule has 0 unspecified atom stereocenters. The third kappa shape index (κ3) is 6.16. The van der Waals surface area contributed by atoms with Gasteiger partial charge in [-0.05, 0) is 55.0 Å². The minimum absolute atomic E-state index is 0.106. The molecule has 0 saturated heterocycles. The Balaban J connectivity index is 1.65. The van der Waals surface area contributed by atoms with Gasteiger partial charge < -0.3 is 10.6 Å². The average Bonchev–Trinajstić information content (AvgIpc) is 2.83. The van der Waals surface area contributed by atoms with Gasteiger partial charge in [0.25, 0.3) is 0 Å². The number of guanidine groups is 1. The summed E-state index contributed by atoms with van der Waals surface area (Å²) in [4.78, 5) is 20.5. The molecule has 0 spiro atoms. The molecule has 1 heterocycles. The highest BCUT2D eigenvalue weighted by molar-refractivity contribution is 5.91. The van der Waals surface area contributed by atoms with Crippen LogP contribution in [-0.4, -0.2) is 36.5 Å². The van der Waals surface area contributed by atoms with Crippen molar-refractivity contribution in [3.05, 3.63) is 72.1 Å². The molecule has 1 aromatic carbocycles. The molecule has 0 aliphatic heterocycles. The van der Waals surface area contributed by atoms with Gasteiger partial charge in [0, 0.05) is 43.5 Å². The van der Waals surface area contributed by atoms with Crippen molar-refractivity contribution in [1.29, 1.82) is 5.26 Å². The highest BCUT2D eigenvalue weighted by Crippen LogP contribution is 2.39. The lowest BCUT2D eigenvalue weighted by Crippen LogP contribution is -2.49. The van der Waals surface area contributed by atoms with Crippen molar-refractivity contribution < 1.29 is 4.79 Å². The Bertz CT molecular complexity index is 941. The van der Waals surface area contributed by atoms with Crippen molar-refractivity contribution >= 4 is 17.9 Å². The van der Waals surface area contributed by atoms with Crippen LogP contribution in [-0.2, 0) is 10.2 Å². The molecule has 3 N–H and O–H groups in total. The van der Waals surface area contributed by atoms with Crippen molar-refractivity contribution in [2.45, 2.75) is 37.1 Å². The van der Waals surface area contributed by atoms with E-state index in [2.05, 4.69) is 38.1 Å². The van der Waals surface area contributed by atoms with E-state index in [0.717, 1.165) is 31.2 Å². The van der Waals surface area contributed by atoms with Gasteiger partial charge in [-0.3, -0.25) is 20.1 Å². The van der Waals surface area contributed by atoms with E-state index in [-0.39, 0.29) is 17.4 Å². The topological polar surface area (TPSA) is 102 Å². The largest absolute Gasteiger partial charge is 0.353 e. The summed E-state index contributed by atoms with van der Waals surface area (Å²) in [7, 11) is 1.65. The van der Waals surface area contributed by atoms with Gasteiger partial charge in [0.05, 0.1) is 0 Å². The average molecular weight is 417 g/mol. The van der Waals surface area contributed by atoms with Crippen LogP contribution in [0.3, 0.4) is 0 Å². The van der Waals surface area contributed by atoms with Gasteiger partial charge in [0.1, 0.15) is 0 Å². The SMILES string of the molecule is CN=C(NC#N)NC1CCC(CNC(=O)/C=C/c2ccncc2)(c2ccccc2)CC1. The quantitative estimate of drug-likeness (QED) is 0.221. The molecular weight excluding hydrogens is 388 g/mol. The highest BCUT2D eigenvalue weighted by Gasteiger charge is 2.37. The second-order valence-electron chi connectivity index (χ2n) is 7.71. The van der Waals surface area contributed by atoms with Gasteiger partial charge in [0.2, 0.25) is 11.9 Å². The van der Waals surface area contributed by atoms with Gasteiger partial charge in [-0.1, -0.05) is 30.3 Å². The van der Waals surface area contributed by atoms with E-state index in [1.54, 1.807) is 31.6 Å². The number of benzene rings is 1. The maximum atomic E-state index is 12.5. The monoisotopic (exact) mass is 416 g/mol. The summed E-state index contributed by atoms with van der Waals surface area (Å²) in [6.07, 6.45) is 12.4. The minimum atomic E-state index is -0.119. The van der Waals surface area contributed by atoms with Gasteiger partial charge in [-0.25, -0.2) is 0 Å². The van der Waals surface area contributed by atoms with Crippen molar-refractivity contribution in [2.24, 2.45) is 4.99 Å². The molecule has 3 rings (SSSR count). The zero-order chi connectivity index (χ0) is 21.9. The molecule has 160 valence electrons. The second-order valence-corrected chi connectivity index (χ2v) is 7.71. The van der Waals surface area contributed by atoms with Gasteiger partial charge in [-0.2, -0.15) is 5.26 Å². The van der Waals surface area contributed by atoms with Crippen LogP contribution >= 0.6 is 0 Å². The van der Waals surface area contributed by atoms with E-state index in [0.29, 0.717) is 12.5 Å². The second kappa shape index (κ2) is 10.9. The fourth-order valence-corrected chi connectivity index (χ4v) is 4.04. The van der Waals surface area contributed by atoms with E-state index < -0.39 is 0 Å². The summed E-state index contributed by atoms with van der Waals surface area (Å²) in [5.74, 6) is 0.389. The van der Waals surface area contributed by atoms with Crippen LogP contribution in [0.25, 0.3) is 6.08 Å². The molecular formula is C24H28N6O. The van der Waals surface area contributed by atoms with Gasteiger partial charge in [-0.15, -0.1) is 0 Å². The Morgan fingerprint density at radius 3 is 2.58 bits per heavy atom. The number of nitriles is 1. The highest BCUT2D eigenvalue weighted by atomic mass is 16.1. The predicted molar refractivity (Wildman–Crippen MR) is 122 cm³/mol. The van der Waals surface area contributed by atoms with Crippen LogP contribution in [0.4, 0.5) is 0 Å². The molecule has 1 aliphatic carbocycles. The number of carbonyl (C=O) groups is 1. The van der Waals surface area contributed by atoms with E-state index in [1.165, 1.54) is 5.56 Å². The summed E-state index contributed by atoms with van der Waals surface area (Å²) in [6.45, 7) is 0.578. The van der Waals surface area contributed by atoms with Crippen molar-refractivity contribution in [3.8, 4) is 6.19 Å². The lowest BCUT2D eigenvalue weighted by molar-refractivity contribution is -0.116. The van der Waals surface area contributed by atoms with Crippen LogP contribution in [0.15, 0.2) is 65.9 Å². The number of nitrogens with zero attached hydrogens (tertiary/aromatic N) is 3. The number of hydrogen-bond acceptors (Lipinski definition) is 4. The molecule has 7 nitrogen and oxygen atoms in total. The van der Waals surface area contributed by atoms with E-state index in [9.17, 15) is 4.79 Å². The van der Waals surface area contributed by atoms with Crippen LogP contribution in [0.2, 0.25) is 0 Å². The normalized spacial score (nSPS) is 21.3. The maximum Gasteiger partial charge on any atom is 0.244 e. The van der Waals surface area contributed by atoms with E-state index in [4.69, 9.17) is 5.26 Å². The Kier molecular flexibility index (Phi) is 7.77. The minimum Gasteiger partial charge on any atom is -0.353 e. The molecule has 1 fully saturated rings. The standard InChI is InChI=1S/C24H28N6O/c1-26-23(29-18-25)30-21-9-13-24(14-10-21,20-5-3-2-4-6-20)17-28-22(31)8-7-19-11-15-27-16-12-19/h2-8,11-12,15-16,21H,9-10,13-14,17H2,1H3,(H,28,31)(H2,26,29,30)/b8-7+. The van der Waals surface area contributed by atoms with Gasteiger partial charge in [0.15, 0.2) is 6.19 Å². The zero-order valence-corrected chi connectivity index (χ0v) is 17.7.